The van der Waals surface area contributed by atoms with Crippen molar-refractivity contribution in [3.05, 3.63) is 30.7 Å². The number of anilines is 2. The molecule has 0 bridgehead atoms. The van der Waals surface area contributed by atoms with Gasteiger partial charge in [0.2, 0.25) is 5.69 Å². The van der Waals surface area contributed by atoms with Crippen molar-refractivity contribution in [2.75, 3.05) is 30.8 Å². The smallest absolute Gasteiger partial charge is 0.321 e. The first-order chi connectivity index (χ1) is 22.0. The quantitative estimate of drug-likeness (QED) is 0.101. The van der Waals surface area contributed by atoms with E-state index in [0.29, 0.717) is 17.6 Å². The van der Waals surface area contributed by atoms with Crippen molar-refractivity contribution >= 4 is 82.1 Å². The van der Waals surface area contributed by atoms with E-state index >= 15 is 0 Å². The van der Waals surface area contributed by atoms with Crippen molar-refractivity contribution in [2.24, 2.45) is 0 Å². The number of aromatic nitrogens is 7. The van der Waals surface area contributed by atoms with E-state index in [-0.39, 0.29) is 24.8 Å². The van der Waals surface area contributed by atoms with Crippen LogP contribution in [0.15, 0.2) is 25.2 Å². The minimum atomic E-state index is -4.03. The van der Waals surface area contributed by atoms with E-state index in [4.69, 9.17) is 40.6 Å². The summed E-state index contributed by atoms with van der Waals surface area (Å²) in [6.07, 6.45) is 4.50. The molecule has 17 nitrogen and oxygen atoms in total. The third-order valence-corrected chi connectivity index (χ3v) is 11.0. The Bertz CT molecular complexity index is 1860. The highest BCUT2D eigenvalue weighted by molar-refractivity contribution is 8.60. The van der Waals surface area contributed by atoms with E-state index in [1.165, 1.54) is 22.8 Å². The largest absolute Gasteiger partial charge is 0.387 e. The summed E-state index contributed by atoms with van der Waals surface area (Å²) < 4.78 is 33.1. The number of ether oxygens (including phenoxy) is 2. The summed E-state index contributed by atoms with van der Waals surface area (Å²) in [5, 5.41) is 15.6. The van der Waals surface area contributed by atoms with Gasteiger partial charge >= 0.3 is 6.72 Å². The second-order valence-electron chi connectivity index (χ2n) is 11.1. The number of hydrogen-bond acceptors (Lipinski definition) is 15. The van der Waals surface area contributed by atoms with Crippen LogP contribution in [-0.2, 0) is 53.1 Å². The average molecular weight is 732 g/mol. The number of nitrogens with zero attached hydrogens (tertiary/aromatic N) is 7. The van der Waals surface area contributed by atoms with Crippen LogP contribution in [-0.4, -0.2) is 93.1 Å². The Morgan fingerprint density at radius 1 is 1.04 bits per heavy atom. The number of nitrogens with one attached hydrogen (secondary N) is 1. The minimum Gasteiger partial charge on any atom is -0.387 e. The standard InChI is InChI=1S/C24H31N9O8P2S3/c25-20-17-23(30-9-27-20)33(11-31-17)24-19(18(34)14(40-24)8-37-42(35,36)44)41-43(45,46)38-7-13-3-4-15(39-13)32-6-12-2-1-5-26-21-16(12)22(32)29-10-28-21/h6,9-11,13-15,18-19,24,34H,1-5,7-8H2,(H,45,46)(H2,25,27,30)(H,26,28,29)(H2,35,36,44)/t13-,14+,15+,18+,19+,24+/m0/s1. The molecule has 0 radical (unpaired) electrons. The van der Waals surface area contributed by atoms with Gasteiger partial charge in [-0.05, 0) is 54.9 Å². The van der Waals surface area contributed by atoms with Gasteiger partial charge in [0.15, 0.2) is 17.7 Å². The van der Waals surface area contributed by atoms with E-state index < -0.39 is 43.6 Å². The molecule has 4 aromatic rings. The van der Waals surface area contributed by atoms with Crippen LogP contribution in [0.25, 0.3) is 22.2 Å². The summed E-state index contributed by atoms with van der Waals surface area (Å²) in [6, 6.07) is 0. The number of aliphatic hydroxyl groups excluding tert-OH is 1. The fourth-order valence-electron chi connectivity index (χ4n) is 5.99. The van der Waals surface area contributed by atoms with Gasteiger partial charge in [-0.2, -0.15) is 0 Å². The van der Waals surface area contributed by atoms with Crippen LogP contribution in [0.3, 0.4) is 0 Å². The van der Waals surface area contributed by atoms with Crippen LogP contribution < -0.4 is 11.1 Å². The monoisotopic (exact) mass is 731 g/mol. The van der Waals surface area contributed by atoms with E-state index in [0.717, 1.165) is 42.7 Å². The molecule has 2 fully saturated rings. The molecule has 7 heterocycles. The minimum absolute atomic E-state index is 0.0990. The van der Waals surface area contributed by atoms with Crippen molar-refractivity contribution in [2.45, 2.75) is 62.6 Å². The number of thiol groups is 1. The topological polar surface area (TPSA) is 219 Å². The van der Waals surface area contributed by atoms with E-state index in [1.807, 2.05) is 0 Å². The molecule has 2 saturated heterocycles. The maximum Gasteiger partial charge on any atom is 0.321 e. The van der Waals surface area contributed by atoms with E-state index in [9.17, 15) is 14.9 Å². The number of nitrogens with two attached hydrogens (primary N) is 1. The highest BCUT2D eigenvalue weighted by Crippen LogP contribution is 2.57. The zero-order valence-corrected chi connectivity index (χ0v) is 28.3. The first-order valence-electron chi connectivity index (χ1n) is 14.3. The summed E-state index contributed by atoms with van der Waals surface area (Å²) in [7, 11) is 0. The normalized spacial score (nSPS) is 28.0. The van der Waals surface area contributed by atoms with Crippen molar-refractivity contribution in [1.82, 2.24) is 34.1 Å². The predicted molar refractivity (Wildman–Crippen MR) is 176 cm³/mol. The summed E-state index contributed by atoms with van der Waals surface area (Å²) in [4.78, 5) is 40.6. The van der Waals surface area contributed by atoms with Gasteiger partial charge < -0.3 is 53.6 Å². The van der Waals surface area contributed by atoms with Gasteiger partial charge in [-0.15, -0.1) is 0 Å². The van der Waals surface area contributed by atoms with Gasteiger partial charge in [0, 0.05) is 12.7 Å². The Labute approximate surface area is 277 Å². The summed E-state index contributed by atoms with van der Waals surface area (Å²) >= 11 is 14.8. The van der Waals surface area contributed by atoms with Gasteiger partial charge in [0.25, 0.3) is 0 Å². The molecular weight excluding hydrogens is 700 g/mol. The lowest BCUT2D eigenvalue weighted by Crippen LogP contribution is -2.35. The molecule has 7 rings (SSSR count). The summed E-state index contributed by atoms with van der Waals surface area (Å²) in [6.45, 7) is -3.50. The van der Waals surface area contributed by atoms with Crippen LogP contribution in [0.5, 0.6) is 0 Å². The van der Waals surface area contributed by atoms with Crippen LogP contribution >= 0.6 is 24.7 Å². The summed E-state index contributed by atoms with van der Waals surface area (Å²) in [5.74, 6) is 0.986. The Balaban J connectivity index is 1.05. The van der Waals surface area contributed by atoms with Gasteiger partial charge in [-0.3, -0.25) is 4.57 Å². The first-order valence-corrected chi connectivity index (χ1v) is 20.8. The Morgan fingerprint density at radius 2 is 1.85 bits per heavy atom. The molecular formula is C24H31N9O8P2S3. The molecule has 1 unspecified atom stereocenters. The Kier molecular flexibility index (Phi) is 9.12. The molecule has 6 N–H and O–H groups in total. The number of hydrogen-bond donors (Lipinski definition) is 6. The van der Waals surface area contributed by atoms with Gasteiger partial charge in [-0.1, -0.05) is 12.2 Å². The molecule has 0 aliphatic carbocycles. The van der Waals surface area contributed by atoms with Crippen molar-refractivity contribution < 1.29 is 37.9 Å². The van der Waals surface area contributed by atoms with Gasteiger partial charge in [0.05, 0.1) is 31.0 Å². The second-order valence-corrected chi connectivity index (χ2v) is 19.0. The highest BCUT2D eigenvalue weighted by atomic mass is 32.9. The maximum absolute atomic E-state index is 11.2. The van der Waals surface area contributed by atoms with Gasteiger partial charge in [0.1, 0.15) is 54.2 Å². The third-order valence-electron chi connectivity index (χ3n) is 8.06. The number of aliphatic hydroxyl groups is 1. The molecule has 3 aliphatic rings. The number of imidazole rings is 1. The number of aryl methyl sites for hydroxylation is 1. The molecule has 0 saturated carbocycles. The SMILES string of the molecule is Nc1ncnc2c1ncn2[C@@H]1O[C@H](COP(O)(O)=S)[C@@H](O)[C@H]1OP(=S)(S)OC[C@@H]1CC[C@H](n2cc3c4c(ncnc42)NCCC3)O1. The fraction of sp³-hybridized carbons (Fsp3) is 0.542. The number of rotatable bonds is 10. The van der Waals surface area contributed by atoms with Crippen LogP contribution in [0.1, 0.15) is 37.3 Å². The molecule has 0 aromatic carbocycles. The lowest BCUT2D eigenvalue weighted by molar-refractivity contribution is -0.0468. The van der Waals surface area contributed by atoms with E-state index in [1.54, 1.807) is 6.33 Å². The molecule has 248 valence electrons. The molecule has 46 heavy (non-hydrogen) atoms. The molecule has 0 amide bonds. The van der Waals surface area contributed by atoms with Crippen LogP contribution in [0, 0.1) is 0 Å². The first kappa shape index (κ1) is 32.6. The van der Waals surface area contributed by atoms with E-state index in [2.05, 4.69) is 65.1 Å². The number of nitrogen functional groups attached to an aromatic ring is 1. The zero-order chi connectivity index (χ0) is 32.2. The molecule has 22 heteroatoms. The Hall–Kier alpha value is -1.90. The number of fused-ring (bicyclic) bond motifs is 1. The molecule has 3 aliphatic heterocycles. The maximum atomic E-state index is 11.2. The highest BCUT2D eigenvalue weighted by Gasteiger charge is 2.49. The summed E-state index contributed by atoms with van der Waals surface area (Å²) in [5.41, 5.74) is 5.26. The van der Waals surface area contributed by atoms with Gasteiger partial charge in [-0.25, -0.2) is 24.9 Å². The van der Waals surface area contributed by atoms with Crippen LogP contribution in [0.2, 0.25) is 0 Å². The average Bonchev–Trinajstić information content (AvgIpc) is 3.76. The molecule has 0 spiro atoms. The fourth-order valence-corrected chi connectivity index (χ4v) is 8.47. The molecule has 7 atom stereocenters. The van der Waals surface area contributed by atoms with Crippen molar-refractivity contribution in [3.8, 4) is 0 Å². The predicted octanol–water partition coefficient (Wildman–Crippen LogP) is 1.93. The van der Waals surface area contributed by atoms with Crippen molar-refractivity contribution in [3.63, 3.8) is 0 Å². The zero-order valence-electron chi connectivity index (χ0n) is 24.0. The third kappa shape index (κ3) is 6.56. The van der Waals surface area contributed by atoms with Crippen LogP contribution in [0.4, 0.5) is 11.6 Å². The second kappa shape index (κ2) is 12.9. The molecule has 4 aromatic heterocycles. The lowest BCUT2D eigenvalue weighted by atomic mass is 10.1. The Morgan fingerprint density at radius 3 is 2.67 bits per heavy atom. The lowest BCUT2D eigenvalue weighted by Gasteiger charge is -2.27. The van der Waals surface area contributed by atoms with Crippen molar-refractivity contribution in [1.29, 1.82) is 0 Å².